The summed E-state index contributed by atoms with van der Waals surface area (Å²) in [6.07, 6.45) is 15.0. The lowest BCUT2D eigenvalue weighted by Gasteiger charge is -2.24. The second kappa shape index (κ2) is 9.54. The van der Waals surface area contributed by atoms with Crippen molar-refractivity contribution in [3.8, 4) is 0 Å². The van der Waals surface area contributed by atoms with Gasteiger partial charge in [-0.25, -0.2) is 0 Å². The fourth-order valence-corrected chi connectivity index (χ4v) is 3.06. The second-order valence-corrected chi connectivity index (χ2v) is 7.76. The van der Waals surface area contributed by atoms with E-state index in [1.807, 2.05) is 18.2 Å². The van der Waals surface area contributed by atoms with Crippen LogP contribution >= 0.6 is 39.1 Å². The van der Waals surface area contributed by atoms with Crippen LogP contribution in [0.15, 0.2) is 63.3 Å². The van der Waals surface area contributed by atoms with Crippen molar-refractivity contribution in [3.05, 3.63) is 58.3 Å². The number of halogens is 3. The number of allylic oxidation sites excluding steroid dienone is 8. The third-order valence-corrected chi connectivity index (χ3v) is 4.62. The molecular weight excluding hydrogens is 381 g/mol. The van der Waals surface area contributed by atoms with Crippen LogP contribution in [0.25, 0.3) is 0 Å². The summed E-state index contributed by atoms with van der Waals surface area (Å²) in [5.41, 5.74) is 2.70. The summed E-state index contributed by atoms with van der Waals surface area (Å²) in [7, 11) is 0. The van der Waals surface area contributed by atoms with E-state index in [9.17, 15) is 0 Å². The zero-order chi connectivity index (χ0) is 16.6. The molecule has 1 rings (SSSR count). The van der Waals surface area contributed by atoms with E-state index in [0.29, 0.717) is 10.9 Å². The Morgan fingerprint density at radius 1 is 1.45 bits per heavy atom. The van der Waals surface area contributed by atoms with Gasteiger partial charge in [0.15, 0.2) is 0 Å². The minimum Gasteiger partial charge on any atom is -0.264 e. The summed E-state index contributed by atoms with van der Waals surface area (Å²) >= 11 is 16.4. The van der Waals surface area contributed by atoms with Gasteiger partial charge in [-0.15, -0.1) is 11.6 Å². The van der Waals surface area contributed by atoms with Gasteiger partial charge < -0.3 is 0 Å². The molecule has 0 unspecified atom stereocenters. The Labute approximate surface area is 152 Å². The van der Waals surface area contributed by atoms with Crippen LogP contribution in [0.5, 0.6) is 0 Å². The highest BCUT2D eigenvalue weighted by Crippen LogP contribution is 2.38. The number of hydrogen-bond donors (Lipinski definition) is 0. The third kappa shape index (κ3) is 5.91. The fourth-order valence-electron chi connectivity index (χ4n) is 2.06. The summed E-state index contributed by atoms with van der Waals surface area (Å²) < 4.78 is -0.117. The molecule has 0 aromatic heterocycles. The molecule has 0 N–H and O–H groups in total. The van der Waals surface area contributed by atoms with Crippen LogP contribution in [0.2, 0.25) is 0 Å². The van der Waals surface area contributed by atoms with E-state index in [1.54, 1.807) is 0 Å². The van der Waals surface area contributed by atoms with E-state index in [2.05, 4.69) is 59.7 Å². The first-order chi connectivity index (χ1) is 10.4. The van der Waals surface area contributed by atoms with Crippen LogP contribution in [-0.2, 0) is 0 Å². The molecule has 0 saturated heterocycles. The van der Waals surface area contributed by atoms with E-state index >= 15 is 0 Å². The summed E-state index contributed by atoms with van der Waals surface area (Å²) in [6.45, 7) is 7.84. The average Bonchev–Trinajstić information content (AvgIpc) is 2.49. The second-order valence-electron chi connectivity index (χ2n) is 5.31. The minimum absolute atomic E-state index is 0.117. The molecule has 1 aliphatic carbocycles. The van der Waals surface area contributed by atoms with Crippen molar-refractivity contribution in [1.29, 1.82) is 0 Å². The van der Waals surface area contributed by atoms with Gasteiger partial charge >= 0.3 is 0 Å². The maximum absolute atomic E-state index is 6.59. The topological polar surface area (TPSA) is 12.4 Å². The maximum atomic E-state index is 6.59. The van der Waals surface area contributed by atoms with Gasteiger partial charge in [0, 0.05) is 15.8 Å². The quantitative estimate of drug-likeness (QED) is 0.255. The van der Waals surface area contributed by atoms with Crippen LogP contribution in [0.1, 0.15) is 33.1 Å². The van der Waals surface area contributed by atoms with Gasteiger partial charge in [0.25, 0.3) is 0 Å². The Morgan fingerprint density at radius 3 is 2.73 bits per heavy atom. The Morgan fingerprint density at radius 2 is 2.14 bits per heavy atom. The Kier molecular flexibility index (Phi) is 8.45. The average molecular weight is 403 g/mol. The van der Waals surface area contributed by atoms with Crippen molar-refractivity contribution in [2.24, 2.45) is 4.99 Å². The van der Waals surface area contributed by atoms with Gasteiger partial charge in [0.2, 0.25) is 0 Å². The molecule has 1 atom stereocenters. The fraction of sp³-hybridized carbons (Fsp3) is 0.389. The predicted octanol–water partition coefficient (Wildman–Crippen LogP) is 6.70. The molecule has 0 heterocycles. The smallest absolute Gasteiger partial charge is 0.0667 e. The molecule has 120 valence electrons. The molecule has 0 aliphatic heterocycles. The van der Waals surface area contributed by atoms with Crippen LogP contribution in [0.4, 0.5) is 0 Å². The van der Waals surface area contributed by atoms with Crippen molar-refractivity contribution in [2.75, 3.05) is 5.88 Å². The number of alkyl halides is 2. The molecule has 0 aromatic carbocycles. The SMILES string of the molecule is C=NC1=CC[C@](C)(Br)C=C1/C(Cl)=C(\CCl)C/C=C\C=C/CC. The lowest BCUT2D eigenvalue weighted by molar-refractivity contribution is 0.798. The molecule has 0 amide bonds. The summed E-state index contributed by atoms with van der Waals surface area (Å²) in [4.78, 5) is 4.08. The Hall–Kier alpha value is -0.570. The van der Waals surface area contributed by atoms with Crippen molar-refractivity contribution >= 4 is 45.8 Å². The van der Waals surface area contributed by atoms with Crippen molar-refractivity contribution in [3.63, 3.8) is 0 Å². The monoisotopic (exact) mass is 401 g/mol. The van der Waals surface area contributed by atoms with E-state index in [-0.39, 0.29) is 4.32 Å². The minimum atomic E-state index is -0.117. The van der Waals surface area contributed by atoms with Crippen molar-refractivity contribution < 1.29 is 0 Å². The van der Waals surface area contributed by atoms with E-state index in [4.69, 9.17) is 23.2 Å². The lowest BCUT2D eigenvalue weighted by Crippen LogP contribution is -2.16. The van der Waals surface area contributed by atoms with Gasteiger partial charge in [-0.05, 0) is 38.5 Å². The van der Waals surface area contributed by atoms with E-state index in [0.717, 1.165) is 36.1 Å². The van der Waals surface area contributed by atoms with E-state index < -0.39 is 0 Å². The zero-order valence-corrected chi connectivity index (χ0v) is 16.2. The molecule has 0 fully saturated rings. The van der Waals surface area contributed by atoms with Crippen LogP contribution in [-0.4, -0.2) is 16.9 Å². The molecule has 22 heavy (non-hydrogen) atoms. The van der Waals surface area contributed by atoms with Gasteiger partial charge in [-0.3, -0.25) is 4.99 Å². The highest BCUT2D eigenvalue weighted by Gasteiger charge is 2.25. The largest absolute Gasteiger partial charge is 0.264 e. The van der Waals surface area contributed by atoms with E-state index in [1.165, 1.54) is 0 Å². The molecule has 0 saturated carbocycles. The summed E-state index contributed by atoms with van der Waals surface area (Å²) in [5.74, 6) is 0.390. The number of nitrogens with zero attached hydrogens (tertiary/aromatic N) is 1. The molecule has 0 radical (unpaired) electrons. The Balaban J connectivity index is 3.05. The molecule has 0 aromatic rings. The third-order valence-electron chi connectivity index (χ3n) is 3.28. The van der Waals surface area contributed by atoms with Crippen LogP contribution in [0, 0.1) is 0 Å². The first-order valence-corrected chi connectivity index (χ1v) is 9.00. The normalized spacial score (nSPS) is 23.5. The van der Waals surface area contributed by atoms with Gasteiger partial charge in [0.05, 0.1) is 10.7 Å². The van der Waals surface area contributed by atoms with Crippen molar-refractivity contribution in [2.45, 2.75) is 37.4 Å². The molecule has 0 spiro atoms. The number of hydrogen-bond acceptors (Lipinski definition) is 1. The first-order valence-electron chi connectivity index (χ1n) is 7.29. The highest BCUT2D eigenvalue weighted by molar-refractivity contribution is 9.10. The van der Waals surface area contributed by atoms with Crippen LogP contribution in [0.3, 0.4) is 0 Å². The molecule has 1 aliphatic rings. The lowest BCUT2D eigenvalue weighted by atomic mass is 9.93. The first kappa shape index (κ1) is 19.5. The molecule has 4 heteroatoms. The highest BCUT2D eigenvalue weighted by atomic mass is 79.9. The zero-order valence-electron chi connectivity index (χ0n) is 13.1. The van der Waals surface area contributed by atoms with Gasteiger partial charge in [-0.2, -0.15) is 0 Å². The van der Waals surface area contributed by atoms with Crippen molar-refractivity contribution in [1.82, 2.24) is 0 Å². The predicted molar refractivity (Wildman–Crippen MR) is 104 cm³/mol. The standard InChI is InChI=1S/C18H22BrCl2N/c1-4-5-6-7-8-9-14(13-20)17(21)15-12-18(2,19)11-10-16(15)22-3/h5-8,10,12H,3-4,9,11,13H2,1-2H3/b6-5-,8-7-,17-14+/t18-/m0/s1. The Bertz CT molecular complexity index is 551. The molecule has 0 bridgehead atoms. The summed E-state index contributed by atoms with van der Waals surface area (Å²) in [6, 6.07) is 0. The van der Waals surface area contributed by atoms with Gasteiger partial charge in [-0.1, -0.05) is 70.9 Å². The summed E-state index contributed by atoms with van der Waals surface area (Å²) in [5, 5.41) is 0.670. The number of aliphatic imine (C=N–C) groups is 1. The molecular formula is C18H22BrCl2N. The molecule has 1 nitrogen and oxygen atoms in total. The number of rotatable bonds is 7. The van der Waals surface area contributed by atoms with Gasteiger partial charge in [0.1, 0.15) is 0 Å². The van der Waals surface area contributed by atoms with Crippen LogP contribution < -0.4 is 0 Å². The maximum Gasteiger partial charge on any atom is 0.0667 e.